The summed E-state index contributed by atoms with van der Waals surface area (Å²) in [4.78, 5) is 20.8. The molecule has 0 bridgehead atoms. The molecule has 0 aromatic carbocycles. The molecule has 0 aliphatic carbocycles. The van der Waals surface area contributed by atoms with Crippen LogP contribution in [0.1, 0.15) is 12.7 Å². The number of rotatable bonds is 6. The third kappa shape index (κ3) is 4.31. The first-order valence-corrected chi connectivity index (χ1v) is 7.36. The van der Waals surface area contributed by atoms with E-state index in [0.29, 0.717) is 13.1 Å². The Morgan fingerprint density at radius 1 is 1.30 bits per heavy atom. The molecule has 1 saturated heterocycles. The van der Waals surface area contributed by atoms with Gasteiger partial charge in [-0.15, -0.1) is 0 Å². The number of likely N-dealkylation sites (N-methyl/N-ethyl adjacent to an activating group) is 1. The molecular weight excluding hydrogens is 254 g/mol. The average molecular weight is 279 g/mol. The van der Waals surface area contributed by atoms with Crippen molar-refractivity contribution in [2.24, 2.45) is 7.05 Å². The van der Waals surface area contributed by atoms with E-state index < -0.39 is 0 Å². The van der Waals surface area contributed by atoms with E-state index in [-0.39, 0.29) is 5.91 Å². The topological polar surface area (TPSA) is 53.4 Å². The molecule has 1 N–H and O–H groups in total. The van der Waals surface area contributed by atoms with Crippen molar-refractivity contribution in [1.82, 2.24) is 24.7 Å². The Morgan fingerprint density at radius 2 is 2.00 bits per heavy atom. The summed E-state index contributed by atoms with van der Waals surface area (Å²) in [5.41, 5.74) is 0. The molecule has 1 aromatic heterocycles. The predicted octanol–water partition coefficient (Wildman–Crippen LogP) is -0.284. The van der Waals surface area contributed by atoms with Crippen molar-refractivity contribution in [1.29, 1.82) is 0 Å². The van der Waals surface area contributed by atoms with Gasteiger partial charge in [0.15, 0.2) is 0 Å². The second-order valence-electron chi connectivity index (χ2n) is 5.26. The minimum Gasteiger partial charge on any atom is -0.355 e. The molecular formula is C14H25N5O. The maximum Gasteiger partial charge on any atom is 0.234 e. The van der Waals surface area contributed by atoms with Gasteiger partial charge in [-0.05, 0) is 6.54 Å². The highest BCUT2D eigenvalue weighted by Gasteiger charge is 2.17. The highest BCUT2D eigenvalue weighted by molar-refractivity contribution is 5.78. The number of nitrogens with one attached hydrogen (secondary N) is 1. The van der Waals surface area contributed by atoms with Gasteiger partial charge in [0.05, 0.1) is 6.54 Å². The second-order valence-corrected chi connectivity index (χ2v) is 5.26. The van der Waals surface area contributed by atoms with Crippen LogP contribution < -0.4 is 5.32 Å². The molecule has 2 heterocycles. The molecule has 0 spiro atoms. The summed E-state index contributed by atoms with van der Waals surface area (Å²) in [6.45, 7) is 8.55. The van der Waals surface area contributed by atoms with Gasteiger partial charge in [0.1, 0.15) is 5.82 Å². The molecule has 0 saturated carbocycles. The van der Waals surface area contributed by atoms with Crippen molar-refractivity contribution < 1.29 is 4.79 Å². The molecule has 1 amide bonds. The summed E-state index contributed by atoms with van der Waals surface area (Å²) in [6, 6.07) is 0. The SMILES string of the molecule is CCN1CCN(CC(=O)NCCc2nccn2C)CC1. The fraction of sp³-hybridized carbons (Fsp3) is 0.714. The van der Waals surface area contributed by atoms with Gasteiger partial charge in [-0.3, -0.25) is 9.69 Å². The van der Waals surface area contributed by atoms with Gasteiger partial charge >= 0.3 is 0 Å². The number of nitrogens with zero attached hydrogens (tertiary/aromatic N) is 4. The molecule has 112 valence electrons. The zero-order chi connectivity index (χ0) is 14.4. The molecule has 2 rings (SSSR count). The van der Waals surface area contributed by atoms with Gasteiger partial charge in [0.25, 0.3) is 0 Å². The lowest BCUT2D eigenvalue weighted by Gasteiger charge is -2.33. The van der Waals surface area contributed by atoms with Crippen LogP contribution in [-0.2, 0) is 18.3 Å². The lowest BCUT2D eigenvalue weighted by atomic mass is 10.3. The molecule has 1 aliphatic heterocycles. The maximum atomic E-state index is 11.9. The summed E-state index contributed by atoms with van der Waals surface area (Å²) < 4.78 is 1.98. The summed E-state index contributed by atoms with van der Waals surface area (Å²) in [5.74, 6) is 1.12. The van der Waals surface area contributed by atoms with Crippen molar-refractivity contribution in [3.05, 3.63) is 18.2 Å². The van der Waals surface area contributed by atoms with Crippen molar-refractivity contribution in [3.63, 3.8) is 0 Å². The van der Waals surface area contributed by atoms with Crippen LogP contribution in [0.15, 0.2) is 12.4 Å². The Bertz CT molecular complexity index is 423. The van der Waals surface area contributed by atoms with Crippen LogP contribution in [0, 0.1) is 0 Å². The second kappa shape index (κ2) is 7.40. The van der Waals surface area contributed by atoms with Gasteiger partial charge < -0.3 is 14.8 Å². The first kappa shape index (κ1) is 15.0. The zero-order valence-electron chi connectivity index (χ0n) is 12.5. The predicted molar refractivity (Wildman–Crippen MR) is 78.5 cm³/mol. The van der Waals surface area contributed by atoms with Crippen LogP contribution >= 0.6 is 0 Å². The third-order valence-corrected chi connectivity index (χ3v) is 3.87. The number of imidazole rings is 1. The summed E-state index contributed by atoms with van der Waals surface area (Å²) in [6.07, 6.45) is 4.48. The molecule has 0 radical (unpaired) electrons. The Morgan fingerprint density at radius 3 is 2.60 bits per heavy atom. The van der Waals surface area contributed by atoms with Gasteiger partial charge in [-0.1, -0.05) is 6.92 Å². The Balaban J connectivity index is 1.62. The van der Waals surface area contributed by atoms with E-state index in [4.69, 9.17) is 0 Å². The normalized spacial score (nSPS) is 17.3. The Hall–Kier alpha value is -1.40. The molecule has 20 heavy (non-hydrogen) atoms. The number of piperazine rings is 1. The number of aryl methyl sites for hydroxylation is 1. The summed E-state index contributed by atoms with van der Waals surface area (Å²) in [7, 11) is 1.97. The fourth-order valence-electron chi connectivity index (χ4n) is 2.47. The number of hydrogen-bond acceptors (Lipinski definition) is 4. The van der Waals surface area contributed by atoms with Gasteiger partial charge in [0, 0.05) is 58.6 Å². The van der Waals surface area contributed by atoms with E-state index in [1.54, 1.807) is 6.20 Å². The molecule has 0 atom stereocenters. The Kier molecular flexibility index (Phi) is 5.55. The largest absolute Gasteiger partial charge is 0.355 e. The standard InChI is InChI=1S/C14H25N5O/c1-3-18-8-10-19(11-9-18)12-14(20)16-5-4-13-15-6-7-17(13)2/h6-7H,3-5,8-12H2,1-2H3,(H,16,20). The van der Waals surface area contributed by atoms with Gasteiger partial charge in [-0.25, -0.2) is 4.98 Å². The summed E-state index contributed by atoms with van der Waals surface area (Å²) in [5, 5.41) is 2.97. The number of hydrogen-bond donors (Lipinski definition) is 1. The maximum absolute atomic E-state index is 11.9. The van der Waals surface area contributed by atoms with Gasteiger partial charge in [0.2, 0.25) is 5.91 Å². The monoisotopic (exact) mass is 279 g/mol. The number of amides is 1. The van der Waals surface area contributed by atoms with Crippen molar-refractivity contribution in [2.75, 3.05) is 45.8 Å². The quantitative estimate of drug-likeness (QED) is 0.778. The number of aromatic nitrogens is 2. The fourth-order valence-corrected chi connectivity index (χ4v) is 2.47. The van der Waals surface area contributed by atoms with E-state index in [2.05, 4.69) is 27.0 Å². The number of carbonyl (C=O) groups excluding carboxylic acids is 1. The first-order chi connectivity index (χ1) is 9.69. The molecule has 0 unspecified atom stereocenters. The van der Waals surface area contributed by atoms with Crippen LogP contribution in [0.25, 0.3) is 0 Å². The molecule has 6 nitrogen and oxygen atoms in total. The van der Waals surface area contributed by atoms with Crippen molar-refractivity contribution in [3.8, 4) is 0 Å². The van der Waals surface area contributed by atoms with E-state index in [0.717, 1.165) is 45.0 Å². The van der Waals surface area contributed by atoms with Crippen molar-refractivity contribution in [2.45, 2.75) is 13.3 Å². The molecule has 1 aliphatic rings. The lowest BCUT2D eigenvalue weighted by molar-refractivity contribution is -0.122. The van der Waals surface area contributed by atoms with Crippen LogP contribution in [0.2, 0.25) is 0 Å². The molecule has 1 aromatic rings. The van der Waals surface area contributed by atoms with E-state index >= 15 is 0 Å². The third-order valence-electron chi connectivity index (χ3n) is 3.87. The molecule has 1 fully saturated rings. The smallest absolute Gasteiger partial charge is 0.234 e. The number of carbonyl (C=O) groups is 1. The van der Waals surface area contributed by atoms with Crippen LogP contribution in [-0.4, -0.2) is 71.1 Å². The van der Waals surface area contributed by atoms with E-state index in [9.17, 15) is 4.79 Å². The highest BCUT2D eigenvalue weighted by atomic mass is 16.2. The minimum atomic E-state index is 0.115. The lowest BCUT2D eigenvalue weighted by Crippen LogP contribution is -2.49. The average Bonchev–Trinajstić information content (AvgIpc) is 2.85. The minimum absolute atomic E-state index is 0.115. The van der Waals surface area contributed by atoms with E-state index in [1.807, 2.05) is 17.8 Å². The van der Waals surface area contributed by atoms with Crippen LogP contribution in [0.5, 0.6) is 0 Å². The first-order valence-electron chi connectivity index (χ1n) is 7.36. The Labute approximate surface area is 120 Å². The molecule has 6 heteroatoms. The van der Waals surface area contributed by atoms with Crippen LogP contribution in [0.4, 0.5) is 0 Å². The van der Waals surface area contributed by atoms with E-state index in [1.165, 1.54) is 0 Å². The van der Waals surface area contributed by atoms with Crippen LogP contribution in [0.3, 0.4) is 0 Å². The van der Waals surface area contributed by atoms with Gasteiger partial charge in [-0.2, -0.15) is 0 Å². The summed E-state index contributed by atoms with van der Waals surface area (Å²) >= 11 is 0. The highest BCUT2D eigenvalue weighted by Crippen LogP contribution is 2.00. The van der Waals surface area contributed by atoms with Crippen molar-refractivity contribution >= 4 is 5.91 Å². The zero-order valence-corrected chi connectivity index (χ0v) is 12.5.